The summed E-state index contributed by atoms with van der Waals surface area (Å²) >= 11 is 0. The third kappa shape index (κ3) is 2.96. The van der Waals surface area contributed by atoms with Gasteiger partial charge in [0.1, 0.15) is 17.5 Å². The van der Waals surface area contributed by atoms with Crippen LogP contribution in [0.15, 0.2) is 0 Å². The number of hydrogen-bond donors (Lipinski definition) is 1. The highest BCUT2D eigenvalue weighted by atomic mass is 15.4. The van der Waals surface area contributed by atoms with Crippen LogP contribution in [0.25, 0.3) is 0 Å². The molecule has 0 saturated carbocycles. The van der Waals surface area contributed by atoms with Crippen molar-refractivity contribution >= 4 is 5.82 Å². The lowest BCUT2D eigenvalue weighted by molar-refractivity contribution is 0.365. The summed E-state index contributed by atoms with van der Waals surface area (Å²) in [5.41, 5.74) is 1.54. The number of hydrogen-bond acceptors (Lipinski definition) is 4. The van der Waals surface area contributed by atoms with Crippen molar-refractivity contribution in [2.75, 3.05) is 24.5 Å². The maximum absolute atomic E-state index is 9.41. The SMILES string of the molecule is Cc1nn(C)c(N(CC2CCNCC2)C(C)C)c1C#N. The van der Waals surface area contributed by atoms with E-state index in [4.69, 9.17) is 0 Å². The zero-order valence-electron chi connectivity index (χ0n) is 13.0. The Balaban J connectivity index is 2.27. The minimum absolute atomic E-state index is 0.367. The van der Waals surface area contributed by atoms with Gasteiger partial charge in [-0.15, -0.1) is 0 Å². The van der Waals surface area contributed by atoms with Crippen LogP contribution in [-0.4, -0.2) is 35.5 Å². The molecule has 20 heavy (non-hydrogen) atoms. The van der Waals surface area contributed by atoms with Crippen LogP contribution in [0.2, 0.25) is 0 Å². The summed E-state index contributed by atoms with van der Waals surface area (Å²) in [6, 6.07) is 2.69. The van der Waals surface area contributed by atoms with E-state index in [-0.39, 0.29) is 0 Å². The van der Waals surface area contributed by atoms with Gasteiger partial charge >= 0.3 is 0 Å². The third-order valence-corrected chi connectivity index (χ3v) is 4.11. The average molecular weight is 275 g/mol. The standard InChI is InChI=1S/C15H25N5/c1-11(2)20(10-13-5-7-17-8-6-13)15-14(9-16)12(3)18-19(15)4/h11,13,17H,5-8,10H2,1-4H3. The highest BCUT2D eigenvalue weighted by molar-refractivity contribution is 5.57. The Morgan fingerprint density at radius 2 is 2.10 bits per heavy atom. The predicted octanol–water partition coefficient (Wildman–Crippen LogP) is 1.81. The summed E-state index contributed by atoms with van der Waals surface area (Å²) in [6.45, 7) is 9.49. The molecule has 1 aliphatic heterocycles. The van der Waals surface area contributed by atoms with Gasteiger partial charge in [0.2, 0.25) is 0 Å². The Bertz CT molecular complexity index is 491. The number of nitriles is 1. The second kappa shape index (κ2) is 6.27. The van der Waals surface area contributed by atoms with Gasteiger partial charge in [0.15, 0.2) is 0 Å². The summed E-state index contributed by atoms with van der Waals surface area (Å²) in [5, 5.41) is 17.2. The molecule has 1 aliphatic rings. The average Bonchev–Trinajstić information content (AvgIpc) is 2.70. The number of nitrogens with one attached hydrogen (secondary N) is 1. The van der Waals surface area contributed by atoms with Crippen LogP contribution in [0.1, 0.15) is 37.9 Å². The van der Waals surface area contributed by atoms with Crippen molar-refractivity contribution in [1.29, 1.82) is 5.26 Å². The van der Waals surface area contributed by atoms with Crippen LogP contribution in [0.5, 0.6) is 0 Å². The van der Waals surface area contributed by atoms with Gasteiger partial charge in [0, 0.05) is 19.6 Å². The first-order valence-corrected chi connectivity index (χ1v) is 7.45. The van der Waals surface area contributed by atoms with Crippen LogP contribution >= 0.6 is 0 Å². The lowest BCUT2D eigenvalue weighted by Gasteiger charge is -2.34. The Morgan fingerprint density at radius 1 is 1.45 bits per heavy atom. The summed E-state index contributed by atoms with van der Waals surface area (Å²) in [6.07, 6.45) is 2.42. The molecule has 0 unspecified atom stereocenters. The van der Waals surface area contributed by atoms with Gasteiger partial charge in [0.05, 0.1) is 5.69 Å². The van der Waals surface area contributed by atoms with E-state index in [1.54, 1.807) is 0 Å². The molecule has 0 amide bonds. The molecule has 0 bridgehead atoms. The van der Waals surface area contributed by atoms with Crippen molar-refractivity contribution in [3.63, 3.8) is 0 Å². The number of rotatable bonds is 4. The zero-order chi connectivity index (χ0) is 14.7. The molecule has 1 N–H and O–H groups in total. The number of aromatic nitrogens is 2. The van der Waals surface area contributed by atoms with Gasteiger partial charge in [-0.25, -0.2) is 0 Å². The molecule has 0 aromatic carbocycles. The molecule has 0 radical (unpaired) electrons. The number of nitrogens with zero attached hydrogens (tertiary/aromatic N) is 4. The smallest absolute Gasteiger partial charge is 0.145 e. The van der Waals surface area contributed by atoms with Gasteiger partial charge in [-0.2, -0.15) is 10.4 Å². The lowest BCUT2D eigenvalue weighted by Crippen LogP contribution is -2.40. The molecule has 2 heterocycles. The molecule has 0 spiro atoms. The molecule has 5 nitrogen and oxygen atoms in total. The highest BCUT2D eigenvalue weighted by Crippen LogP contribution is 2.26. The summed E-state index contributed by atoms with van der Waals surface area (Å²) in [5.74, 6) is 1.67. The van der Waals surface area contributed by atoms with Crippen molar-refractivity contribution in [2.24, 2.45) is 13.0 Å². The second-order valence-electron chi connectivity index (χ2n) is 5.96. The summed E-state index contributed by atoms with van der Waals surface area (Å²) < 4.78 is 1.86. The van der Waals surface area contributed by atoms with E-state index in [2.05, 4.69) is 35.2 Å². The fraction of sp³-hybridized carbons (Fsp3) is 0.733. The minimum atomic E-state index is 0.367. The van der Waals surface area contributed by atoms with Crippen LogP contribution in [0, 0.1) is 24.2 Å². The van der Waals surface area contributed by atoms with E-state index in [1.807, 2.05) is 18.7 Å². The van der Waals surface area contributed by atoms with E-state index in [0.717, 1.165) is 36.7 Å². The van der Waals surface area contributed by atoms with E-state index in [1.165, 1.54) is 12.8 Å². The zero-order valence-corrected chi connectivity index (χ0v) is 13.0. The molecule has 2 rings (SSSR count). The Hall–Kier alpha value is -1.54. The largest absolute Gasteiger partial charge is 0.353 e. The van der Waals surface area contributed by atoms with E-state index >= 15 is 0 Å². The molecule has 110 valence electrons. The van der Waals surface area contributed by atoms with E-state index in [0.29, 0.717) is 12.0 Å². The molecule has 0 atom stereocenters. The topological polar surface area (TPSA) is 56.9 Å². The predicted molar refractivity (Wildman–Crippen MR) is 80.7 cm³/mol. The monoisotopic (exact) mass is 275 g/mol. The van der Waals surface area contributed by atoms with Gasteiger partial charge in [0.25, 0.3) is 0 Å². The van der Waals surface area contributed by atoms with Crippen molar-refractivity contribution in [3.05, 3.63) is 11.3 Å². The third-order valence-electron chi connectivity index (χ3n) is 4.11. The van der Waals surface area contributed by atoms with Crippen LogP contribution in [0.3, 0.4) is 0 Å². The van der Waals surface area contributed by atoms with Crippen molar-refractivity contribution in [1.82, 2.24) is 15.1 Å². The van der Waals surface area contributed by atoms with Crippen molar-refractivity contribution in [2.45, 2.75) is 39.7 Å². The van der Waals surface area contributed by atoms with E-state index < -0.39 is 0 Å². The Labute approximate surface area is 121 Å². The van der Waals surface area contributed by atoms with Gasteiger partial charge in [-0.05, 0) is 52.6 Å². The first-order chi connectivity index (χ1) is 9.54. The van der Waals surface area contributed by atoms with Crippen molar-refractivity contribution in [3.8, 4) is 6.07 Å². The van der Waals surface area contributed by atoms with Crippen LogP contribution < -0.4 is 10.2 Å². The van der Waals surface area contributed by atoms with Gasteiger partial charge < -0.3 is 10.2 Å². The molecule has 1 aromatic heterocycles. The number of piperidine rings is 1. The summed E-state index contributed by atoms with van der Waals surface area (Å²) in [4.78, 5) is 2.34. The minimum Gasteiger partial charge on any atom is -0.353 e. The van der Waals surface area contributed by atoms with Crippen molar-refractivity contribution < 1.29 is 0 Å². The highest BCUT2D eigenvalue weighted by Gasteiger charge is 2.25. The number of aryl methyl sites for hydroxylation is 2. The molecule has 5 heteroatoms. The fourth-order valence-electron chi connectivity index (χ4n) is 2.99. The molecule has 1 aromatic rings. The molecule has 1 fully saturated rings. The maximum atomic E-state index is 9.41. The second-order valence-corrected chi connectivity index (χ2v) is 5.96. The normalized spacial score (nSPS) is 16.4. The first kappa shape index (κ1) is 14.9. The Morgan fingerprint density at radius 3 is 2.65 bits per heavy atom. The Kier molecular flexibility index (Phi) is 4.66. The molecule has 0 aliphatic carbocycles. The lowest BCUT2D eigenvalue weighted by atomic mass is 9.97. The van der Waals surface area contributed by atoms with Gasteiger partial charge in [-0.3, -0.25) is 4.68 Å². The van der Waals surface area contributed by atoms with E-state index in [9.17, 15) is 5.26 Å². The molecular weight excluding hydrogens is 250 g/mol. The first-order valence-electron chi connectivity index (χ1n) is 7.45. The quantitative estimate of drug-likeness (QED) is 0.910. The fourth-order valence-corrected chi connectivity index (χ4v) is 2.99. The van der Waals surface area contributed by atoms with Crippen LogP contribution in [0.4, 0.5) is 5.82 Å². The number of anilines is 1. The summed E-state index contributed by atoms with van der Waals surface area (Å²) in [7, 11) is 1.93. The molecule has 1 saturated heterocycles. The molecular formula is C15H25N5. The van der Waals surface area contributed by atoms with Crippen LogP contribution in [-0.2, 0) is 7.05 Å². The van der Waals surface area contributed by atoms with Gasteiger partial charge in [-0.1, -0.05) is 0 Å². The maximum Gasteiger partial charge on any atom is 0.145 e.